The predicted octanol–water partition coefficient (Wildman–Crippen LogP) is 2.69. The van der Waals surface area contributed by atoms with E-state index in [1.165, 1.54) is 0 Å². The fourth-order valence-electron chi connectivity index (χ4n) is 1.15. The van der Waals surface area contributed by atoms with E-state index in [0.717, 1.165) is 16.7 Å². The Hall–Kier alpha value is -1.57. The molecule has 1 aromatic carbocycles. The summed E-state index contributed by atoms with van der Waals surface area (Å²) in [6.45, 7) is 7.51. The number of allylic oxidation sites excluding steroid dienone is 1. The van der Waals surface area contributed by atoms with E-state index in [1.54, 1.807) is 6.92 Å². The summed E-state index contributed by atoms with van der Waals surface area (Å²) in [6, 6.07) is 5.64. The van der Waals surface area contributed by atoms with Crippen LogP contribution >= 0.6 is 0 Å². The van der Waals surface area contributed by atoms with Crippen molar-refractivity contribution in [3.63, 3.8) is 0 Å². The van der Waals surface area contributed by atoms with E-state index in [1.807, 2.05) is 25.1 Å². The first-order chi connectivity index (χ1) is 6.02. The van der Waals surface area contributed by atoms with Crippen molar-refractivity contribution in [3.05, 3.63) is 35.9 Å². The number of hydrogen-bond donors (Lipinski definition) is 2. The van der Waals surface area contributed by atoms with Crippen LogP contribution in [0.1, 0.15) is 25.0 Å². The highest BCUT2D eigenvalue weighted by Gasteiger charge is 2.02. The van der Waals surface area contributed by atoms with Crippen molar-refractivity contribution in [3.8, 4) is 0 Å². The Kier molecular flexibility index (Phi) is 2.52. The van der Waals surface area contributed by atoms with E-state index < -0.39 is 0 Å². The first-order valence-electron chi connectivity index (χ1n) is 4.13. The van der Waals surface area contributed by atoms with E-state index in [9.17, 15) is 0 Å². The Bertz CT molecular complexity index is 364. The number of benzene rings is 1. The van der Waals surface area contributed by atoms with Crippen molar-refractivity contribution in [1.29, 1.82) is 5.41 Å². The van der Waals surface area contributed by atoms with E-state index in [2.05, 4.69) is 6.58 Å². The van der Waals surface area contributed by atoms with E-state index in [0.29, 0.717) is 11.4 Å². The number of nitrogens with two attached hydrogens (primary N) is 1. The molecule has 2 nitrogen and oxygen atoms in total. The Balaban J connectivity index is 3.27. The molecule has 0 unspecified atom stereocenters. The van der Waals surface area contributed by atoms with Crippen LogP contribution in [-0.4, -0.2) is 5.71 Å². The van der Waals surface area contributed by atoms with Gasteiger partial charge in [-0.3, -0.25) is 0 Å². The summed E-state index contributed by atoms with van der Waals surface area (Å²) in [5.41, 5.74) is 9.68. The van der Waals surface area contributed by atoms with Crippen LogP contribution in [0.3, 0.4) is 0 Å². The van der Waals surface area contributed by atoms with Crippen LogP contribution in [0.5, 0.6) is 0 Å². The molecule has 0 bridgehead atoms. The van der Waals surface area contributed by atoms with Gasteiger partial charge >= 0.3 is 0 Å². The molecular formula is C11H14N2. The van der Waals surface area contributed by atoms with Crippen LogP contribution in [0, 0.1) is 5.41 Å². The maximum Gasteiger partial charge on any atom is 0.0406 e. The van der Waals surface area contributed by atoms with Gasteiger partial charge in [0.2, 0.25) is 0 Å². The molecule has 0 heterocycles. The summed E-state index contributed by atoms with van der Waals surface area (Å²) < 4.78 is 0. The van der Waals surface area contributed by atoms with Gasteiger partial charge in [0, 0.05) is 17.0 Å². The lowest BCUT2D eigenvalue weighted by atomic mass is 10.0. The Morgan fingerprint density at radius 1 is 1.38 bits per heavy atom. The van der Waals surface area contributed by atoms with Gasteiger partial charge in [-0.05, 0) is 31.5 Å². The second-order valence-corrected chi connectivity index (χ2v) is 3.21. The molecule has 0 saturated heterocycles. The van der Waals surface area contributed by atoms with Crippen LogP contribution in [0.15, 0.2) is 24.8 Å². The number of hydrogen-bond acceptors (Lipinski definition) is 2. The van der Waals surface area contributed by atoms with Crippen LogP contribution < -0.4 is 5.73 Å². The van der Waals surface area contributed by atoms with Crippen molar-refractivity contribution >= 4 is 17.0 Å². The number of nitrogen functional groups attached to an aromatic ring is 1. The molecule has 0 spiro atoms. The lowest BCUT2D eigenvalue weighted by molar-refractivity contribution is 1.44. The third-order valence-electron chi connectivity index (χ3n) is 1.95. The minimum absolute atomic E-state index is 0.487. The zero-order chi connectivity index (χ0) is 10.0. The Morgan fingerprint density at radius 3 is 2.46 bits per heavy atom. The van der Waals surface area contributed by atoms with Crippen molar-refractivity contribution in [2.75, 3.05) is 5.73 Å². The van der Waals surface area contributed by atoms with Crippen molar-refractivity contribution in [2.24, 2.45) is 0 Å². The van der Waals surface area contributed by atoms with Crippen molar-refractivity contribution < 1.29 is 0 Å². The molecule has 0 atom stereocenters. The van der Waals surface area contributed by atoms with Crippen LogP contribution in [0.4, 0.5) is 5.69 Å². The maximum atomic E-state index is 7.50. The maximum absolute atomic E-state index is 7.50. The molecule has 0 aromatic heterocycles. The summed E-state index contributed by atoms with van der Waals surface area (Å²) >= 11 is 0. The van der Waals surface area contributed by atoms with Gasteiger partial charge in [-0.15, -0.1) is 0 Å². The molecule has 0 saturated carbocycles. The van der Waals surface area contributed by atoms with E-state index in [-0.39, 0.29) is 0 Å². The lowest BCUT2D eigenvalue weighted by Gasteiger charge is -2.06. The van der Waals surface area contributed by atoms with Gasteiger partial charge < -0.3 is 11.1 Å². The molecule has 68 valence electrons. The fourth-order valence-corrected chi connectivity index (χ4v) is 1.15. The van der Waals surface area contributed by atoms with Gasteiger partial charge in [0.05, 0.1) is 0 Å². The molecule has 1 rings (SSSR count). The van der Waals surface area contributed by atoms with Crippen LogP contribution in [0.2, 0.25) is 0 Å². The molecular weight excluding hydrogens is 160 g/mol. The molecule has 2 heteroatoms. The smallest absolute Gasteiger partial charge is 0.0406 e. The number of rotatable bonds is 2. The van der Waals surface area contributed by atoms with Gasteiger partial charge in [0.25, 0.3) is 0 Å². The van der Waals surface area contributed by atoms with Gasteiger partial charge in [0.1, 0.15) is 0 Å². The van der Waals surface area contributed by atoms with Crippen LogP contribution in [0.25, 0.3) is 5.57 Å². The first kappa shape index (κ1) is 9.52. The van der Waals surface area contributed by atoms with Gasteiger partial charge in [-0.1, -0.05) is 18.2 Å². The van der Waals surface area contributed by atoms with Gasteiger partial charge in [-0.2, -0.15) is 0 Å². The average molecular weight is 174 g/mol. The second-order valence-electron chi connectivity index (χ2n) is 3.21. The zero-order valence-corrected chi connectivity index (χ0v) is 8.02. The highest BCUT2D eigenvalue weighted by Crippen LogP contribution is 2.19. The summed E-state index contributed by atoms with van der Waals surface area (Å²) in [6.07, 6.45) is 0. The summed E-state index contributed by atoms with van der Waals surface area (Å²) in [5, 5.41) is 7.50. The number of nitrogens with one attached hydrogen (secondary N) is 1. The minimum atomic E-state index is 0.487. The molecule has 0 aliphatic heterocycles. The van der Waals surface area contributed by atoms with Crippen molar-refractivity contribution in [1.82, 2.24) is 0 Å². The van der Waals surface area contributed by atoms with Gasteiger partial charge in [0.15, 0.2) is 0 Å². The minimum Gasteiger partial charge on any atom is -0.398 e. The topological polar surface area (TPSA) is 49.9 Å². The fraction of sp³-hybridized carbons (Fsp3) is 0.182. The average Bonchev–Trinajstić information content (AvgIpc) is 2.04. The predicted molar refractivity (Wildman–Crippen MR) is 58.1 cm³/mol. The SMILES string of the molecule is C=C(C)c1ccc(N)c(C(C)=N)c1. The third kappa shape index (κ3) is 1.96. The number of anilines is 1. The van der Waals surface area contributed by atoms with E-state index in [4.69, 9.17) is 11.1 Å². The molecule has 0 radical (unpaired) electrons. The highest BCUT2D eigenvalue weighted by molar-refractivity contribution is 6.01. The van der Waals surface area contributed by atoms with Crippen molar-refractivity contribution in [2.45, 2.75) is 13.8 Å². The largest absolute Gasteiger partial charge is 0.398 e. The summed E-state index contributed by atoms with van der Waals surface area (Å²) in [4.78, 5) is 0. The molecule has 13 heavy (non-hydrogen) atoms. The molecule has 3 N–H and O–H groups in total. The normalized spacial score (nSPS) is 9.69. The lowest BCUT2D eigenvalue weighted by Crippen LogP contribution is -2.00. The van der Waals surface area contributed by atoms with E-state index >= 15 is 0 Å². The molecule has 0 aliphatic rings. The van der Waals surface area contributed by atoms with Crippen LogP contribution in [-0.2, 0) is 0 Å². The molecule has 0 amide bonds. The first-order valence-corrected chi connectivity index (χ1v) is 4.13. The zero-order valence-electron chi connectivity index (χ0n) is 8.02. The quantitative estimate of drug-likeness (QED) is 0.525. The Labute approximate surface area is 78.6 Å². The third-order valence-corrected chi connectivity index (χ3v) is 1.95. The molecule has 0 fully saturated rings. The summed E-state index contributed by atoms with van der Waals surface area (Å²) in [7, 11) is 0. The summed E-state index contributed by atoms with van der Waals surface area (Å²) in [5.74, 6) is 0. The highest BCUT2D eigenvalue weighted by atomic mass is 14.6. The second kappa shape index (κ2) is 3.44. The Morgan fingerprint density at radius 2 is 2.00 bits per heavy atom. The standard InChI is InChI=1S/C11H14N2/c1-7(2)9-4-5-11(13)10(6-9)8(3)12/h4-6,12H,1,13H2,2-3H3. The molecule has 1 aromatic rings. The monoisotopic (exact) mass is 174 g/mol. The molecule has 0 aliphatic carbocycles. The van der Waals surface area contributed by atoms with Gasteiger partial charge in [-0.25, -0.2) is 0 Å².